The zero-order valence-electron chi connectivity index (χ0n) is 16.2. The van der Waals surface area contributed by atoms with Crippen molar-refractivity contribution in [3.8, 4) is 5.75 Å². The highest BCUT2D eigenvalue weighted by Gasteiger charge is 2.28. The van der Waals surface area contributed by atoms with Gasteiger partial charge in [0, 0.05) is 38.6 Å². The van der Waals surface area contributed by atoms with Gasteiger partial charge in [-0.1, -0.05) is 12.1 Å². The second-order valence-electron chi connectivity index (χ2n) is 6.31. The zero-order valence-corrected chi connectivity index (χ0v) is 17.0. The first kappa shape index (κ1) is 21.8. The van der Waals surface area contributed by atoms with Gasteiger partial charge < -0.3 is 20.3 Å². The number of nitrogens with one attached hydrogen (secondary N) is 2. The normalized spacial score (nSPS) is 12.0. The van der Waals surface area contributed by atoms with E-state index in [4.69, 9.17) is 4.74 Å². The van der Waals surface area contributed by atoms with E-state index in [9.17, 15) is 13.2 Å². The molecule has 6 nitrogen and oxygen atoms in total. The van der Waals surface area contributed by atoms with E-state index in [0.29, 0.717) is 18.1 Å². The average molecular weight is 415 g/mol. The van der Waals surface area contributed by atoms with E-state index >= 15 is 0 Å². The topological polar surface area (TPSA) is 61.8 Å². The highest BCUT2D eigenvalue weighted by molar-refractivity contribution is 7.13. The van der Waals surface area contributed by atoms with Crippen LogP contribution in [0.15, 0.2) is 28.6 Å². The van der Waals surface area contributed by atoms with Crippen LogP contribution in [0.3, 0.4) is 0 Å². The summed E-state index contributed by atoms with van der Waals surface area (Å²) in [6.07, 6.45) is -4.38. The molecule has 10 heteroatoms. The highest BCUT2D eigenvalue weighted by Crippen LogP contribution is 2.23. The predicted molar refractivity (Wildman–Crippen MR) is 106 cm³/mol. The van der Waals surface area contributed by atoms with Gasteiger partial charge >= 0.3 is 6.18 Å². The number of hydrogen-bond acceptors (Lipinski definition) is 5. The van der Waals surface area contributed by atoms with Gasteiger partial charge in [0.05, 0.1) is 12.2 Å². The second-order valence-corrected chi connectivity index (χ2v) is 7.15. The summed E-state index contributed by atoms with van der Waals surface area (Å²) in [5.41, 5.74) is 2.31. The van der Waals surface area contributed by atoms with E-state index in [1.165, 1.54) is 0 Å². The molecule has 154 valence electrons. The molecule has 1 aromatic carbocycles. The molecule has 2 rings (SSSR count). The third kappa shape index (κ3) is 6.91. The van der Waals surface area contributed by atoms with Gasteiger partial charge in [0.2, 0.25) is 0 Å². The van der Waals surface area contributed by atoms with Crippen molar-refractivity contribution in [1.82, 2.24) is 15.6 Å². The number of guanidine groups is 1. The van der Waals surface area contributed by atoms with Crippen LogP contribution < -0.4 is 20.3 Å². The van der Waals surface area contributed by atoms with Crippen LogP contribution in [0.25, 0.3) is 0 Å². The molecule has 0 saturated heterocycles. The molecular weight excluding hydrogens is 391 g/mol. The lowest BCUT2D eigenvalue weighted by Gasteiger charge is -2.16. The molecule has 2 N–H and O–H groups in total. The van der Waals surface area contributed by atoms with Crippen molar-refractivity contribution in [3.05, 3.63) is 40.4 Å². The molecule has 0 spiro atoms. The fraction of sp³-hybridized carbons (Fsp3) is 0.444. The number of nitrogens with zero attached hydrogens (tertiary/aromatic N) is 3. The Kier molecular flexibility index (Phi) is 7.50. The van der Waals surface area contributed by atoms with Crippen LogP contribution in [0.4, 0.5) is 18.3 Å². The van der Waals surface area contributed by atoms with Gasteiger partial charge in [-0.2, -0.15) is 13.2 Å². The molecule has 0 radical (unpaired) electrons. The van der Waals surface area contributed by atoms with Gasteiger partial charge in [-0.3, -0.25) is 4.99 Å². The lowest BCUT2D eigenvalue weighted by atomic mass is 10.1. The number of aromatic nitrogens is 1. The predicted octanol–water partition coefficient (Wildman–Crippen LogP) is 3.32. The number of ether oxygens (including phenoxy) is 1. The maximum atomic E-state index is 12.5. The van der Waals surface area contributed by atoms with Gasteiger partial charge in [-0.25, -0.2) is 4.98 Å². The molecule has 1 heterocycles. The Morgan fingerprint density at radius 3 is 2.57 bits per heavy atom. The SMILES string of the molecule is CN=C(NCc1csc(N(C)C)n1)NCc1ccc(C)cc1OCC(F)(F)F. The van der Waals surface area contributed by atoms with Gasteiger partial charge in [0.25, 0.3) is 0 Å². The van der Waals surface area contributed by atoms with Crippen LogP contribution >= 0.6 is 11.3 Å². The van der Waals surface area contributed by atoms with E-state index in [2.05, 4.69) is 20.6 Å². The number of benzene rings is 1. The smallest absolute Gasteiger partial charge is 0.422 e. The Bertz CT molecular complexity index is 805. The summed E-state index contributed by atoms with van der Waals surface area (Å²) in [5.74, 6) is 0.720. The molecule has 0 bridgehead atoms. The third-order valence-corrected chi connectivity index (χ3v) is 4.70. The summed E-state index contributed by atoms with van der Waals surface area (Å²) in [6.45, 7) is 1.23. The molecule has 0 fully saturated rings. The quantitative estimate of drug-likeness (QED) is 0.537. The van der Waals surface area contributed by atoms with E-state index < -0.39 is 12.8 Å². The van der Waals surface area contributed by atoms with E-state index in [1.807, 2.05) is 30.4 Å². The molecular formula is C18H24F3N5OS. The number of rotatable bonds is 7. The lowest BCUT2D eigenvalue weighted by Crippen LogP contribution is -2.36. The summed E-state index contributed by atoms with van der Waals surface area (Å²) in [5, 5.41) is 9.09. The molecule has 0 amide bonds. The second kappa shape index (κ2) is 9.63. The maximum absolute atomic E-state index is 12.5. The number of aliphatic imine (C=N–C) groups is 1. The van der Waals surface area contributed by atoms with Crippen molar-refractivity contribution in [2.45, 2.75) is 26.2 Å². The summed E-state index contributed by atoms with van der Waals surface area (Å²) < 4.78 is 42.4. The minimum Gasteiger partial charge on any atom is -0.484 e. The van der Waals surface area contributed by atoms with Crippen LogP contribution in [-0.2, 0) is 13.1 Å². The molecule has 0 unspecified atom stereocenters. The highest BCUT2D eigenvalue weighted by atomic mass is 32.1. The number of aryl methyl sites for hydroxylation is 1. The number of thiazole rings is 1. The maximum Gasteiger partial charge on any atom is 0.422 e. The van der Waals surface area contributed by atoms with Crippen molar-refractivity contribution in [3.63, 3.8) is 0 Å². The third-order valence-electron chi connectivity index (χ3n) is 3.64. The fourth-order valence-electron chi connectivity index (χ4n) is 2.26. The first-order chi connectivity index (χ1) is 13.2. The number of alkyl halides is 3. The standard InChI is InChI=1S/C18H24F3N5OS/c1-12-5-6-13(15(7-12)27-11-18(19,20)21)8-23-16(22-2)24-9-14-10-28-17(25-14)26(3)4/h5-7,10H,8-9,11H2,1-4H3,(H2,22,23,24). The van der Waals surface area contributed by atoms with E-state index in [0.717, 1.165) is 16.4 Å². The van der Waals surface area contributed by atoms with Crippen LogP contribution in [0, 0.1) is 6.92 Å². The molecule has 0 aliphatic heterocycles. The molecule has 0 aliphatic rings. The summed E-state index contributed by atoms with van der Waals surface area (Å²) in [4.78, 5) is 10.5. The van der Waals surface area contributed by atoms with Crippen LogP contribution in [0.1, 0.15) is 16.8 Å². The molecule has 1 aromatic heterocycles. The van der Waals surface area contributed by atoms with Crippen LogP contribution in [0.2, 0.25) is 0 Å². The molecule has 28 heavy (non-hydrogen) atoms. The van der Waals surface area contributed by atoms with Crippen LogP contribution in [-0.4, -0.2) is 44.9 Å². The summed E-state index contributed by atoms with van der Waals surface area (Å²) in [7, 11) is 5.48. The first-order valence-electron chi connectivity index (χ1n) is 8.53. The first-order valence-corrected chi connectivity index (χ1v) is 9.41. The van der Waals surface area contributed by atoms with Crippen molar-refractivity contribution < 1.29 is 17.9 Å². The Balaban J connectivity index is 1.95. The van der Waals surface area contributed by atoms with Gasteiger partial charge in [-0.05, 0) is 18.6 Å². The lowest BCUT2D eigenvalue weighted by molar-refractivity contribution is -0.153. The molecule has 2 aromatic rings. The zero-order chi connectivity index (χ0) is 20.7. The Morgan fingerprint density at radius 1 is 1.25 bits per heavy atom. The summed E-state index contributed by atoms with van der Waals surface area (Å²) in [6, 6.07) is 5.16. The summed E-state index contributed by atoms with van der Waals surface area (Å²) >= 11 is 1.54. The fourth-order valence-corrected chi connectivity index (χ4v) is 3.02. The monoisotopic (exact) mass is 415 g/mol. The van der Waals surface area contributed by atoms with Crippen LogP contribution in [0.5, 0.6) is 5.75 Å². The van der Waals surface area contributed by atoms with Gasteiger partial charge in [-0.15, -0.1) is 11.3 Å². The van der Waals surface area contributed by atoms with Gasteiger partial charge in [0.1, 0.15) is 5.75 Å². The van der Waals surface area contributed by atoms with Crippen molar-refractivity contribution in [1.29, 1.82) is 0 Å². The number of hydrogen-bond donors (Lipinski definition) is 2. The Labute approximate surface area is 166 Å². The van der Waals surface area contributed by atoms with Crippen molar-refractivity contribution >= 4 is 22.4 Å². The number of anilines is 1. The molecule has 0 atom stereocenters. The molecule has 0 saturated carbocycles. The van der Waals surface area contributed by atoms with E-state index in [-0.39, 0.29) is 12.3 Å². The van der Waals surface area contributed by atoms with E-state index in [1.54, 1.807) is 37.4 Å². The number of halogens is 3. The Morgan fingerprint density at radius 2 is 1.96 bits per heavy atom. The van der Waals surface area contributed by atoms with Gasteiger partial charge in [0.15, 0.2) is 17.7 Å². The minimum atomic E-state index is -4.38. The molecule has 0 aliphatic carbocycles. The largest absolute Gasteiger partial charge is 0.484 e. The van der Waals surface area contributed by atoms with Crippen molar-refractivity contribution in [2.75, 3.05) is 32.6 Å². The minimum absolute atomic E-state index is 0.204. The van der Waals surface area contributed by atoms with Crippen molar-refractivity contribution in [2.24, 2.45) is 4.99 Å². The average Bonchev–Trinajstić information content (AvgIpc) is 3.10. The Hall–Kier alpha value is -2.49.